The molecular formula is C20H25N5O3. The zero-order valence-electron chi connectivity index (χ0n) is 16.0. The predicted octanol–water partition coefficient (Wildman–Crippen LogP) is 1.78. The minimum absolute atomic E-state index is 0.0423. The Hall–Kier alpha value is -2.74. The first kappa shape index (κ1) is 18.6. The van der Waals surface area contributed by atoms with Crippen LogP contribution in [0, 0.1) is 0 Å². The molecular weight excluding hydrogens is 358 g/mol. The van der Waals surface area contributed by atoms with E-state index in [9.17, 15) is 4.79 Å². The number of nitrogens with zero attached hydrogens (tertiary/aromatic N) is 4. The van der Waals surface area contributed by atoms with E-state index in [1.165, 1.54) is 7.11 Å². The predicted molar refractivity (Wildman–Crippen MR) is 104 cm³/mol. The van der Waals surface area contributed by atoms with Crippen molar-refractivity contribution in [1.82, 2.24) is 20.3 Å². The first-order chi connectivity index (χ1) is 13.7. The van der Waals surface area contributed by atoms with Crippen LogP contribution in [0.4, 0.5) is 5.95 Å². The molecule has 2 saturated heterocycles. The van der Waals surface area contributed by atoms with E-state index in [0.717, 1.165) is 50.7 Å². The van der Waals surface area contributed by atoms with Gasteiger partial charge in [0.15, 0.2) is 0 Å². The number of nitrogens with one attached hydrogen (secondary N) is 1. The lowest BCUT2D eigenvalue weighted by atomic mass is 9.96. The first-order valence-corrected chi connectivity index (χ1v) is 9.69. The second kappa shape index (κ2) is 8.52. The van der Waals surface area contributed by atoms with Crippen LogP contribution in [0.1, 0.15) is 41.2 Å². The number of methoxy groups -OCH3 is 1. The van der Waals surface area contributed by atoms with Gasteiger partial charge >= 0.3 is 0 Å². The summed E-state index contributed by atoms with van der Waals surface area (Å²) in [7, 11) is 1.54. The maximum atomic E-state index is 12.6. The van der Waals surface area contributed by atoms with Crippen molar-refractivity contribution in [3.63, 3.8) is 0 Å². The van der Waals surface area contributed by atoms with Gasteiger partial charge in [0.05, 0.1) is 18.9 Å². The van der Waals surface area contributed by atoms with E-state index < -0.39 is 0 Å². The Kier molecular flexibility index (Phi) is 5.66. The fourth-order valence-corrected chi connectivity index (χ4v) is 3.79. The number of aromatic nitrogens is 3. The van der Waals surface area contributed by atoms with E-state index in [2.05, 4.69) is 20.2 Å². The normalized spacial score (nSPS) is 20.2. The fourth-order valence-electron chi connectivity index (χ4n) is 3.79. The summed E-state index contributed by atoms with van der Waals surface area (Å²) in [6.07, 6.45) is 7.83. The number of hydrogen-bond acceptors (Lipinski definition) is 7. The number of anilines is 1. The highest BCUT2D eigenvalue weighted by Crippen LogP contribution is 2.27. The number of pyridine rings is 1. The average molecular weight is 383 g/mol. The molecule has 0 bridgehead atoms. The van der Waals surface area contributed by atoms with Crippen LogP contribution in [-0.2, 0) is 4.74 Å². The van der Waals surface area contributed by atoms with Crippen LogP contribution in [0.15, 0.2) is 30.7 Å². The molecule has 0 aliphatic carbocycles. The van der Waals surface area contributed by atoms with E-state index in [1.807, 2.05) is 12.3 Å². The summed E-state index contributed by atoms with van der Waals surface area (Å²) in [5.74, 6) is 1.50. The lowest BCUT2D eigenvalue weighted by molar-refractivity contribution is 0.0845. The molecule has 1 N–H and O–H groups in total. The first-order valence-electron chi connectivity index (χ1n) is 9.69. The maximum absolute atomic E-state index is 12.6. The highest BCUT2D eigenvalue weighted by molar-refractivity contribution is 5.97. The minimum Gasteiger partial charge on any atom is -0.494 e. The molecule has 0 saturated carbocycles. The summed E-state index contributed by atoms with van der Waals surface area (Å²) < 4.78 is 10.7. The summed E-state index contributed by atoms with van der Waals surface area (Å²) in [5, 5.41) is 3.09. The van der Waals surface area contributed by atoms with E-state index in [-0.39, 0.29) is 11.9 Å². The summed E-state index contributed by atoms with van der Waals surface area (Å²) in [4.78, 5) is 28.0. The lowest BCUT2D eigenvalue weighted by Gasteiger charge is -2.23. The molecule has 8 nitrogen and oxygen atoms in total. The Bertz CT molecular complexity index is 825. The number of carbonyl (C=O) groups is 1. The largest absolute Gasteiger partial charge is 0.494 e. The number of rotatable bonds is 5. The van der Waals surface area contributed by atoms with Crippen molar-refractivity contribution < 1.29 is 14.3 Å². The molecule has 148 valence electrons. The second-order valence-corrected chi connectivity index (χ2v) is 7.15. The van der Waals surface area contributed by atoms with Crippen molar-refractivity contribution in [2.45, 2.75) is 31.2 Å². The van der Waals surface area contributed by atoms with Gasteiger partial charge in [-0.3, -0.25) is 9.78 Å². The van der Waals surface area contributed by atoms with Gasteiger partial charge in [-0.05, 0) is 31.4 Å². The van der Waals surface area contributed by atoms with Crippen molar-refractivity contribution in [2.24, 2.45) is 0 Å². The van der Waals surface area contributed by atoms with Crippen molar-refractivity contribution >= 4 is 11.9 Å². The number of hydrogen-bond donors (Lipinski definition) is 1. The molecule has 1 amide bonds. The maximum Gasteiger partial charge on any atom is 0.255 e. The standard InChI is InChI=1S/C20H25N5O3/c1-27-18-12-21-7-2-16(18)19(26)23-15-4-9-25(13-15)20-22-8-3-17(24-20)14-5-10-28-11-6-14/h2-3,7-8,12,14-15H,4-6,9-11,13H2,1H3,(H,23,26). The molecule has 2 aliphatic heterocycles. The Morgan fingerprint density at radius 2 is 2.11 bits per heavy atom. The van der Waals surface area contributed by atoms with Gasteiger partial charge in [0, 0.05) is 56.4 Å². The van der Waals surface area contributed by atoms with Crippen molar-refractivity contribution in [2.75, 3.05) is 38.3 Å². The van der Waals surface area contributed by atoms with E-state index in [4.69, 9.17) is 14.5 Å². The third kappa shape index (κ3) is 4.06. The van der Waals surface area contributed by atoms with Crippen LogP contribution in [-0.4, -0.2) is 60.3 Å². The third-order valence-electron chi connectivity index (χ3n) is 5.36. The Labute approximate surface area is 164 Å². The van der Waals surface area contributed by atoms with E-state index >= 15 is 0 Å². The summed E-state index contributed by atoms with van der Waals surface area (Å²) in [5.41, 5.74) is 1.58. The highest BCUT2D eigenvalue weighted by atomic mass is 16.5. The molecule has 2 aliphatic rings. The fraction of sp³-hybridized carbons (Fsp3) is 0.500. The van der Waals surface area contributed by atoms with Crippen LogP contribution >= 0.6 is 0 Å². The van der Waals surface area contributed by atoms with Gasteiger partial charge in [-0.2, -0.15) is 0 Å². The van der Waals surface area contributed by atoms with Crippen LogP contribution in [0.2, 0.25) is 0 Å². The topological polar surface area (TPSA) is 89.5 Å². The molecule has 1 atom stereocenters. The van der Waals surface area contributed by atoms with E-state index in [1.54, 1.807) is 18.5 Å². The SMILES string of the molecule is COc1cnccc1C(=O)NC1CCN(c2nccc(C3CCOCC3)n2)C1. The van der Waals surface area contributed by atoms with Crippen LogP contribution in [0.5, 0.6) is 5.75 Å². The molecule has 0 radical (unpaired) electrons. The molecule has 0 aromatic carbocycles. The monoisotopic (exact) mass is 383 g/mol. The molecule has 2 fully saturated rings. The Morgan fingerprint density at radius 1 is 1.25 bits per heavy atom. The molecule has 28 heavy (non-hydrogen) atoms. The molecule has 2 aromatic heterocycles. The van der Waals surface area contributed by atoms with Crippen molar-refractivity contribution in [3.8, 4) is 5.75 Å². The van der Waals surface area contributed by atoms with Gasteiger partial charge in [0.1, 0.15) is 5.75 Å². The Balaban J connectivity index is 1.39. The van der Waals surface area contributed by atoms with Gasteiger partial charge in [-0.25, -0.2) is 9.97 Å². The van der Waals surface area contributed by atoms with Crippen LogP contribution in [0.25, 0.3) is 0 Å². The Morgan fingerprint density at radius 3 is 2.93 bits per heavy atom. The van der Waals surface area contributed by atoms with Gasteiger partial charge in [0.25, 0.3) is 5.91 Å². The molecule has 4 rings (SSSR count). The average Bonchev–Trinajstić information content (AvgIpc) is 3.23. The van der Waals surface area contributed by atoms with Crippen LogP contribution in [0.3, 0.4) is 0 Å². The lowest BCUT2D eigenvalue weighted by Crippen LogP contribution is -2.37. The molecule has 2 aromatic rings. The summed E-state index contributed by atoms with van der Waals surface area (Å²) in [6, 6.07) is 3.71. The van der Waals surface area contributed by atoms with Gasteiger partial charge in [-0.1, -0.05) is 0 Å². The molecule has 0 spiro atoms. The molecule has 1 unspecified atom stereocenters. The number of ether oxygens (including phenoxy) is 2. The van der Waals surface area contributed by atoms with E-state index in [0.29, 0.717) is 23.8 Å². The van der Waals surface area contributed by atoms with Gasteiger partial charge in [0.2, 0.25) is 5.95 Å². The van der Waals surface area contributed by atoms with Gasteiger partial charge < -0.3 is 19.7 Å². The van der Waals surface area contributed by atoms with Crippen molar-refractivity contribution in [3.05, 3.63) is 42.0 Å². The zero-order valence-corrected chi connectivity index (χ0v) is 16.0. The smallest absolute Gasteiger partial charge is 0.255 e. The molecule has 8 heteroatoms. The third-order valence-corrected chi connectivity index (χ3v) is 5.36. The molecule has 4 heterocycles. The summed E-state index contributed by atoms with van der Waals surface area (Å²) in [6.45, 7) is 3.09. The van der Waals surface area contributed by atoms with Gasteiger partial charge in [-0.15, -0.1) is 0 Å². The highest BCUT2D eigenvalue weighted by Gasteiger charge is 2.27. The second-order valence-electron chi connectivity index (χ2n) is 7.15. The minimum atomic E-state index is -0.150. The quantitative estimate of drug-likeness (QED) is 0.842. The zero-order chi connectivity index (χ0) is 19.3. The number of amides is 1. The summed E-state index contributed by atoms with van der Waals surface area (Å²) >= 11 is 0. The van der Waals surface area contributed by atoms with Crippen molar-refractivity contribution in [1.29, 1.82) is 0 Å². The number of carbonyl (C=O) groups excluding carboxylic acids is 1. The van der Waals surface area contributed by atoms with Crippen LogP contribution < -0.4 is 15.0 Å².